The zero-order chi connectivity index (χ0) is 24.4. The summed E-state index contributed by atoms with van der Waals surface area (Å²) in [5, 5.41) is 9.80. The van der Waals surface area contributed by atoms with Crippen LogP contribution < -0.4 is 5.32 Å². The van der Waals surface area contributed by atoms with E-state index in [2.05, 4.69) is 25.3 Å². The predicted molar refractivity (Wildman–Crippen MR) is 130 cm³/mol. The van der Waals surface area contributed by atoms with Gasteiger partial charge in [0.1, 0.15) is 5.82 Å². The number of hydrogen-bond donors (Lipinski definition) is 1. The van der Waals surface area contributed by atoms with Crippen LogP contribution in [-0.4, -0.2) is 62.0 Å². The number of rotatable bonds is 6. The number of piperazine rings is 1. The molecule has 0 unspecified atom stereocenters. The van der Waals surface area contributed by atoms with Gasteiger partial charge in [0.2, 0.25) is 11.7 Å². The van der Waals surface area contributed by atoms with Crippen LogP contribution in [-0.2, 0) is 6.54 Å². The summed E-state index contributed by atoms with van der Waals surface area (Å²) in [7, 11) is 0. The van der Waals surface area contributed by atoms with E-state index in [0.717, 1.165) is 16.4 Å². The molecule has 0 bridgehead atoms. The molecule has 1 aliphatic heterocycles. The molecule has 0 radical (unpaired) electrons. The van der Waals surface area contributed by atoms with Gasteiger partial charge in [0.15, 0.2) is 10.9 Å². The Hall–Kier alpha value is -3.41. The highest BCUT2D eigenvalue weighted by molar-refractivity contribution is 7.13. The van der Waals surface area contributed by atoms with Gasteiger partial charge in [-0.2, -0.15) is 4.98 Å². The number of carbonyl (C=O) groups excluding carboxylic acids is 1. The van der Waals surface area contributed by atoms with Crippen molar-refractivity contribution in [2.45, 2.75) is 13.5 Å². The van der Waals surface area contributed by atoms with Crippen molar-refractivity contribution in [2.24, 2.45) is 0 Å². The molecule has 180 valence electrons. The molecule has 1 fully saturated rings. The number of halogens is 2. The van der Waals surface area contributed by atoms with Gasteiger partial charge >= 0.3 is 0 Å². The van der Waals surface area contributed by atoms with E-state index in [9.17, 15) is 9.18 Å². The third-order valence-corrected chi connectivity index (χ3v) is 6.54. The van der Waals surface area contributed by atoms with Gasteiger partial charge in [-0.05, 0) is 24.3 Å². The van der Waals surface area contributed by atoms with Crippen LogP contribution >= 0.6 is 22.9 Å². The summed E-state index contributed by atoms with van der Waals surface area (Å²) >= 11 is 7.31. The minimum atomic E-state index is -0.681. The van der Waals surface area contributed by atoms with Crippen LogP contribution in [0.25, 0.3) is 11.4 Å². The number of thiazole rings is 1. The number of hydrogen-bond acceptors (Lipinski definition) is 9. The smallest absolute Gasteiger partial charge is 0.256 e. The Morgan fingerprint density at radius 1 is 1.23 bits per heavy atom. The Morgan fingerprint density at radius 2 is 2.06 bits per heavy atom. The third kappa shape index (κ3) is 5.31. The number of aryl methyl sites for hydroxylation is 1. The first-order valence-corrected chi connectivity index (χ1v) is 12.2. The summed E-state index contributed by atoms with van der Waals surface area (Å²) in [5.41, 5.74) is 1.58. The molecular weight excluding hydrogens is 493 g/mol. The molecule has 4 heterocycles. The van der Waals surface area contributed by atoms with Gasteiger partial charge in [-0.1, -0.05) is 22.8 Å². The van der Waals surface area contributed by atoms with Gasteiger partial charge in [-0.15, -0.1) is 11.3 Å². The maximum Gasteiger partial charge on any atom is 0.256 e. The van der Waals surface area contributed by atoms with E-state index in [0.29, 0.717) is 50.3 Å². The van der Waals surface area contributed by atoms with Crippen LogP contribution in [0.15, 0.2) is 46.4 Å². The normalized spacial score (nSPS) is 14.3. The van der Waals surface area contributed by atoms with Crippen molar-refractivity contribution in [2.75, 3.05) is 31.5 Å². The molecule has 0 saturated carbocycles. The van der Waals surface area contributed by atoms with Crippen molar-refractivity contribution >= 4 is 39.8 Å². The summed E-state index contributed by atoms with van der Waals surface area (Å²) in [6, 6.07) is 8.25. The van der Waals surface area contributed by atoms with Crippen LogP contribution in [0.2, 0.25) is 5.02 Å². The molecule has 1 N–H and O–H groups in total. The Bertz CT molecular complexity index is 1340. The number of amides is 1. The first-order valence-electron chi connectivity index (χ1n) is 10.9. The average Bonchev–Trinajstić information content (AvgIpc) is 3.52. The number of anilines is 2. The monoisotopic (exact) mass is 513 g/mol. The number of benzene rings is 1. The number of nitrogens with zero attached hydrogens (tertiary/aromatic N) is 6. The minimum absolute atomic E-state index is 0.00590. The minimum Gasteiger partial charge on any atom is -0.339 e. The van der Waals surface area contributed by atoms with Crippen LogP contribution in [0.5, 0.6) is 0 Å². The lowest BCUT2D eigenvalue weighted by atomic mass is 10.1. The Kier molecular flexibility index (Phi) is 6.71. The molecule has 4 aromatic rings. The molecule has 1 aliphatic rings. The van der Waals surface area contributed by atoms with Crippen LogP contribution in [0.3, 0.4) is 0 Å². The molecular formula is C23H21ClFN7O2S. The van der Waals surface area contributed by atoms with Crippen molar-refractivity contribution in [3.8, 4) is 11.4 Å². The fourth-order valence-electron chi connectivity index (χ4n) is 3.85. The zero-order valence-electron chi connectivity index (χ0n) is 18.7. The molecule has 0 aliphatic carbocycles. The number of pyridine rings is 1. The largest absolute Gasteiger partial charge is 0.339 e. The lowest BCUT2D eigenvalue weighted by molar-refractivity contribution is 0.0622. The Labute approximate surface area is 209 Å². The Morgan fingerprint density at radius 3 is 2.77 bits per heavy atom. The summed E-state index contributed by atoms with van der Waals surface area (Å²) in [4.78, 5) is 30.0. The van der Waals surface area contributed by atoms with Gasteiger partial charge < -0.3 is 14.7 Å². The van der Waals surface area contributed by atoms with Crippen molar-refractivity contribution in [3.05, 3.63) is 69.9 Å². The van der Waals surface area contributed by atoms with Crippen LogP contribution in [0.4, 0.5) is 15.3 Å². The fourth-order valence-corrected chi connectivity index (χ4v) is 4.56. The maximum atomic E-state index is 14.3. The van der Waals surface area contributed by atoms with Gasteiger partial charge in [-0.3, -0.25) is 9.69 Å². The molecule has 9 nitrogen and oxygen atoms in total. The number of nitrogens with one attached hydrogen (secondary N) is 1. The molecule has 1 amide bonds. The second-order valence-electron chi connectivity index (χ2n) is 8.00. The fraction of sp³-hybridized carbons (Fsp3) is 0.261. The molecule has 0 spiro atoms. The molecule has 5 rings (SSSR count). The van der Waals surface area contributed by atoms with Crippen LogP contribution in [0, 0.1) is 12.7 Å². The van der Waals surface area contributed by atoms with Gasteiger partial charge in [0.25, 0.3) is 5.91 Å². The van der Waals surface area contributed by atoms with Crippen molar-refractivity contribution in [3.63, 3.8) is 0 Å². The third-order valence-electron chi connectivity index (χ3n) is 5.56. The summed E-state index contributed by atoms with van der Waals surface area (Å²) in [6.07, 6.45) is 1.72. The van der Waals surface area contributed by atoms with E-state index in [1.54, 1.807) is 24.1 Å². The summed E-state index contributed by atoms with van der Waals surface area (Å²) in [5.74, 6) is 0.545. The SMILES string of the molecule is Cc1nc(-c2cc(CN3CCN(C(=O)c4cccc(Cl)c4F)CC3)nc(Nc3nccs3)c2)no1. The molecule has 12 heteroatoms. The van der Waals surface area contributed by atoms with E-state index in [-0.39, 0.29) is 16.5 Å². The van der Waals surface area contributed by atoms with E-state index in [1.807, 2.05) is 17.5 Å². The van der Waals surface area contributed by atoms with E-state index < -0.39 is 5.82 Å². The number of aromatic nitrogens is 4. The van der Waals surface area contributed by atoms with Crippen molar-refractivity contribution < 1.29 is 13.7 Å². The highest BCUT2D eigenvalue weighted by atomic mass is 35.5. The second-order valence-corrected chi connectivity index (χ2v) is 9.30. The highest BCUT2D eigenvalue weighted by Crippen LogP contribution is 2.25. The van der Waals surface area contributed by atoms with Crippen LogP contribution in [0.1, 0.15) is 21.9 Å². The van der Waals surface area contributed by atoms with Gasteiger partial charge in [0.05, 0.1) is 16.3 Å². The lowest BCUT2D eigenvalue weighted by Gasteiger charge is -2.34. The standard InChI is InChI=1S/C23H21ClFN7O2S/c1-14-27-21(30-34-14)15-11-16(28-19(12-15)29-23-26-5-10-35-23)13-31-6-8-32(9-7-31)22(33)17-3-2-4-18(24)20(17)25/h2-5,10-12H,6-9,13H2,1H3,(H,26,28,29). The maximum absolute atomic E-state index is 14.3. The summed E-state index contributed by atoms with van der Waals surface area (Å²) in [6.45, 7) is 4.48. The first kappa shape index (κ1) is 23.3. The molecule has 1 saturated heterocycles. The predicted octanol–water partition coefficient (Wildman–Crippen LogP) is 4.39. The number of carbonyl (C=O) groups is 1. The van der Waals surface area contributed by atoms with Crippen molar-refractivity contribution in [1.82, 2.24) is 29.9 Å². The van der Waals surface area contributed by atoms with E-state index >= 15 is 0 Å². The lowest BCUT2D eigenvalue weighted by Crippen LogP contribution is -2.48. The first-order chi connectivity index (χ1) is 17.0. The van der Waals surface area contributed by atoms with E-state index in [4.69, 9.17) is 21.1 Å². The van der Waals surface area contributed by atoms with Gasteiger partial charge in [-0.25, -0.2) is 14.4 Å². The van der Waals surface area contributed by atoms with Gasteiger partial charge in [0, 0.05) is 56.8 Å². The molecule has 1 aromatic carbocycles. The highest BCUT2D eigenvalue weighted by Gasteiger charge is 2.25. The zero-order valence-corrected chi connectivity index (χ0v) is 20.3. The summed E-state index contributed by atoms with van der Waals surface area (Å²) < 4.78 is 19.4. The van der Waals surface area contributed by atoms with Crippen molar-refractivity contribution in [1.29, 1.82) is 0 Å². The molecule has 3 aromatic heterocycles. The van der Waals surface area contributed by atoms with E-state index in [1.165, 1.54) is 23.5 Å². The average molecular weight is 514 g/mol. The quantitative estimate of drug-likeness (QED) is 0.405. The molecule has 0 atom stereocenters. The topological polar surface area (TPSA) is 100 Å². The molecule has 35 heavy (non-hydrogen) atoms. The Balaban J connectivity index is 1.30. The second kappa shape index (κ2) is 10.1.